The largest absolute Gasteiger partial charge is 0.467 e. The molecular formula is C25H26N2O3. The highest BCUT2D eigenvalue weighted by molar-refractivity contribution is 5.99. The molecule has 1 amide bonds. The molecular weight excluding hydrogens is 376 g/mol. The van der Waals surface area contributed by atoms with Crippen molar-refractivity contribution < 1.29 is 14.3 Å². The summed E-state index contributed by atoms with van der Waals surface area (Å²) in [7, 11) is 1.38. The summed E-state index contributed by atoms with van der Waals surface area (Å²) in [6.45, 7) is 4.12. The predicted octanol–water partition coefficient (Wildman–Crippen LogP) is 4.72. The molecule has 4 rings (SSSR count). The van der Waals surface area contributed by atoms with Crippen LogP contribution < -0.4 is 5.32 Å². The quantitative estimate of drug-likeness (QED) is 0.490. The van der Waals surface area contributed by atoms with Gasteiger partial charge in [0.25, 0.3) is 5.91 Å². The van der Waals surface area contributed by atoms with Gasteiger partial charge in [0, 0.05) is 35.0 Å². The molecule has 0 saturated heterocycles. The summed E-state index contributed by atoms with van der Waals surface area (Å²) in [5, 5.41) is 4.14. The molecule has 0 aliphatic heterocycles. The van der Waals surface area contributed by atoms with Crippen LogP contribution in [0.5, 0.6) is 0 Å². The summed E-state index contributed by atoms with van der Waals surface area (Å²) < 4.78 is 5.27. The van der Waals surface area contributed by atoms with E-state index in [2.05, 4.69) is 17.2 Å². The van der Waals surface area contributed by atoms with Gasteiger partial charge in [-0.15, -0.1) is 0 Å². The number of amides is 1. The summed E-state index contributed by atoms with van der Waals surface area (Å²) in [6, 6.07) is 17.0. The normalized spacial score (nSPS) is 21.5. The summed E-state index contributed by atoms with van der Waals surface area (Å²) in [6.07, 6.45) is 3.03. The number of ether oxygens (including phenoxy) is 1. The summed E-state index contributed by atoms with van der Waals surface area (Å²) in [5.74, 6) is -0.954. The number of nitrogens with one attached hydrogen (secondary N) is 2. The second-order valence-corrected chi connectivity index (χ2v) is 8.07. The Hall–Kier alpha value is -3.34. The maximum atomic E-state index is 13.3. The van der Waals surface area contributed by atoms with Crippen LogP contribution >= 0.6 is 0 Å². The number of rotatable bonds is 4. The number of para-hydroxylation sites is 1. The van der Waals surface area contributed by atoms with Crippen LogP contribution in [0.15, 0.2) is 71.9 Å². The average molecular weight is 402 g/mol. The molecule has 30 heavy (non-hydrogen) atoms. The SMILES string of the molecule is COC(=O)[C@@]1(NC(=O)c2ccccc2)CC(C)=C(C)C[C@@H]1c1c[nH]c2ccccc12. The van der Waals surface area contributed by atoms with Gasteiger partial charge in [-0.2, -0.15) is 0 Å². The van der Waals surface area contributed by atoms with Gasteiger partial charge in [-0.1, -0.05) is 47.5 Å². The zero-order valence-electron chi connectivity index (χ0n) is 17.5. The van der Waals surface area contributed by atoms with Crippen molar-refractivity contribution in [1.29, 1.82) is 0 Å². The molecule has 0 unspecified atom stereocenters. The van der Waals surface area contributed by atoms with Crippen LogP contribution in [0.25, 0.3) is 10.9 Å². The van der Waals surface area contributed by atoms with Crippen molar-refractivity contribution in [1.82, 2.24) is 10.3 Å². The Morgan fingerprint density at radius 2 is 1.73 bits per heavy atom. The number of esters is 1. The molecule has 0 radical (unpaired) electrons. The third-order valence-electron chi connectivity index (χ3n) is 6.30. The molecule has 154 valence electrons. The zero-order valence-corrected chi connectivity index (χ0v) is 17.5. The first kappa shape index (κ1) is 20.0. The van der Waals surface area contributed by atoms with Crippen LogP contribution in [-0.4, -0.2) is 29.5 Å². The van der Waals surface area contributed by atoms with Crippen molar-refractivity contribution in [2.45, 2.75) is 38.1 Å². The van der Waals surface area contributed by atoms with E-state index in [9.17, 15) is 9.59 Å². The number of aromatic nitrogens is 1. The number of methoxy groups -OCH3 is 1. The average Bonchev–Trinajstić information content (AvgIpc) is 3.20. The number of H-pyrrole nitrogens is 1. The molecule has 1 aliphatic carbocycles. The van der Waals surface area contributed by atoms with Crippen molar-refractivity contribution in [3.8, 4) is 0 Å². The second kappa shape index (κ2) is 7.82. The lowest BCUT2D eigenvalue weighted by atomic mass is 9.67. The first-order valence-corrected chi connectivity index (χ1v) is 10.1. The van der Waals surface area contributed by atoms with Gasteiger partial charge in [0.2, 0.25) is 0 Å². The summed E-state index contributed by atoms with van der Waals surface area (Å²) in [5.41, 5.74) is 3.68. The number of carbonyl (C=O) groups excluding carboxylic acids is 2. The van der Waals surface area contributed by atoms with Crippen molar-refractivity contribution in [2.75, 3.05) is 7.11 Å². The molecule has 0 fully saturated rings. The third kappa shape index (κ3) is 3.30. The van der Waals surface area contributed by atoms with Gasteiger partial charge in [0.15, 0.2) is 0 Å². The molecule has 5 heteroatoms. The van der Waals surface area contributed by atoms with Crippen molar-refractivity contribution >= 4 is 22.8 Å². The van der Waals surface area contributed by atoms with E-state index in [0.29, 0.717) is 18.4 Å². The highest BCUT2D eigenvalue weighted by Crippen LogP contribution is 2.46. The van der Waals surface area contributed by atoms with Gasteiger partial charge in [0.05, 0.1) is 7.11 Å². The second-order valence-electron chi connectivity index (χ2n) is 8.07. The Kier molecular flexibility index (Phi) is 5.20. The van der Waals surface area contributed by atoms with Gasteiger partial charge in [0.1, 0.15) is 5.54 Å². The first-order valence-electron chi connectivity index (χ1n) is 10.1. The number of allylic oxidation sites excluding steroid dienone is 1. The molecule has 0 spiro atoms. The molecule has 2 atom stereocenters. The lowest BCUT2D eigenvalue weighted by Gasteiger charge is -2.43. The number of benzene rings is 2. The minimum absolute atomic E-state index is 0.252. The van der Waals surface area contributed by atoms with E-state index >= 15 is 0 Å². The molecule has 0 bridgehead atoms. The van der Waals surface area contributed by atoms with Gasteiger partial charge >= 0.3 is 5.97 Å². The number of hydrogen-bond acceptors (Lipinski definition) is 3. The minimum Gasteiger partial charge on any atom is -0.467 e. The van der Waals surface area contributed by atoms with Crippen LogP contribution in [0.3, 0.4) is 0 Å². The topological polar surface area (TPSA) is 71.2 Å². The number of aromatic amines is 1. The van der Waals surface area contributed by atoms with Gasteiger partial charge < -0.3 is 15.0 Å². The number of hydrogen-bond donors (Lipinski definition) is 2. The maximum Gasteiger partial charge on any atom is 0.332 e. The predicted molar refractivity (Wildman–Crippen MR) is 117 cm³/mol. The lowest BCUT2D eigenvalue weighted by molar-refractivity contribution is -0.149. The highest BCUT2D eigenvalue weighted by atomic mass is 16.5. The van der Waals surface area contributed by atoms with Crippen LogP contribution in [-0.2, 0) is 9.53 Å². The van der Waals surface area contributed by atoms with Crippen molar-refractivity contribution in [2.24, 2.45) is 0 Å². The zero-order chi connectivity index (χ0) is 21.3. The molecule has 0 saturated carbocycles. The Morgan fingerprint density at radius 3 is 2.47 bits per heavy atom. The Bertz CT molecular complexity index is 1130. The van der Waals surface area contributed by atoms with Gasteiger partial charge in [-0.05, 0) is 44.0 Å². The fraction of sp³-hybridized carbons (Fsp3) is 0.280. The molecule has 1 aliphatic rings. The molecule has 5 nitrogen and oxygen atoms in total. The van der Waals surface area contributed by atoms with E-state index in [4.69, 9.17) is 4.74 Å². The third-order valence-corrected chi connectivity index (χ3v) is 6.30. The number of fused-ring (bicyclic) bond motifs is 1. The highest BCUT2D eigenvalue weighted by Gasteiger charge is 2.51. The van der Waals surface area contributed by atoms with E-state index in [-0.39, 0.29) is 11.8 Å². The van der Waals surface area contributed by atoms with Crippen LogP contribution in [0.4, 0.5) is 0 Å². The van der Waals surface area contributed by atoms with E-state index in [1.54, 1.807) is 12.1 Å². The fourth-order valence-electron chi connectivity index (χ4n) is 4.55. The van der Waals surface area contributed by atoms with Crippen molar-refractivity contribution in [3.63, 3.8) is 0 Å². The van der Waals surface area contributed by atoms with Crippen LogP contribution in [0, 0.1) is 0 Å². The Labute approximate surface area is 176 Å². The Morgan fingerprint density at radius 1 is 1.03 bits per heavy atom. The van der Waals surface area contributed by atoms with Crippen molar-refractivity contribution in [3.05, 3.63) is 83.1 Å². The molecule has 2 aromatic carbocycles. The molecule has 3 aromatic rings. The van der Waals surface area contributed by atoms with Gasteiger partial charge in [-0.3, -0.25) is 4.79 Å². The first-order chi connectivity index (χ1) is 14.5. The maximum absolute atomic E-state index is 13.3. The summed E-state index contributed by atoms with van der Waals surface area (Å²) in [4.78, 5) is 29.8. The Balaban J connectivity index is 1.86. The molecule has 2 N–H and O–H groups in total. The lowest BCUT2D eigenvalue weighted by Crippen LogP contribution is -2.60. The minimum atomic E-state index is -1.18. The molecule has 1 aromatic heterocycles. The van der Waals surface area contributed by atoms with E-state index < -0.39 is 11.5 Å². The monoisotopic (exact) mass is 402 g/mol. The fourth-order valence-corrected chi connectivity index (χ4v) is 4.55. The molecule has 1 heterocycles. The van der Waals surface area contributed by atoms with E-state index in [1.807, 2.05) is 55.6 Å². The van der Waals surface area contributed by atoms with Crippen LogP contribution in [0.2, 0.25) is 0 Å². The van der Waals surface area contributed by atoms with E-state index in [0.717, 1.165) is 22.0 Å². The summed E-state index contributed by atoms with van der Waals surface area (Å²) >= 11 is 0. The number of carbonyl (C=O) groups is 2. The van der Waals surface area contributed by atoms with Gasteiger partial charge in [-0.25, -0.2) is 4.79 Å². The smallest absolute Gasteiger partial charge is 0.332 e. The standard InChI is InChI=1S/C25H26N2O3/c1-16-13-21(20-15-26-22-12-8-7-11-19(20)22)25(14-17(16)2,24(29)30-3)27-23(28)18-9-5-4-6-10-18/h4-12,15,21,26H,13-14H2,1-3H3,(H,27,28)/t21-,25-/m1/s1. The van der Waals surface area contributed by atoms with E-state index in [1.165, 1.54) is 12.7 Å². The van der Waals surface area contributed by atoms with Crippen LogP contribution in [0.1, 0.15) is 48.5 Å².